The summed E-state index contributed by atoms with van der Waals surface area (Å²) in [7, 11) is 0. The second kappa shape index (κ2) is 10.7. The second-order valence-electron chi connectivity index (χ2n) is 13.6. The fourth-order valence-corrected chi connectivity index (χ4v) is 9.84. The molecule has 0 heterocycles. The van der Waals surface area contributed by atoms with E-state index in [2.05, 4.69) is 20.8 Å². The molecule has 4 saturated carbocycles. The van der Waals surface area contributed by atoms with Gasteiger partial charge in [-0.25, -0.2) is 0 Å². The highest BCUT2D eigenvalue weighted by molar-refractivity contribution is 5.66. The molecular weight excluding hydrogens is 498 g/mol. The van der Waals surface area contributed by atoms with Crippen molar-refractivity contribution in [3.8, 4) is 0 Å². The van der Waals surface area contributed by atoms with E-state index in [1.54, 1.807) is 18.2 Å². The first-order valence-electron chi connectivity index (χ1n) is 14.9. The lowest BCUT2D eigenvalue weighted by Gasteiger charge is -2.63. The summed E-state index contributed by atoms with van der Waals surface area (Å²) in [5, 5.41) is 43.9. The van der Waals surface area contributed by atoms with Gasteiger partial charge >= 0.3 is 5.97 Å². The van der Waals surface area contributed by atoms with E-state index >= 15 is 0 Å². The minimum absolute atomic E-state index is 0.00337. The quantitative estimate of drug-likeness (QED) is 0.288. The number of nitro groups is 1. The van der Waals surface area contributed by atoms with E-state index in [1.165, 1.54) is 6.07 Å². The SMILES string of the molecule is C[C@H](CCC(=O)O)[C@H]1CC[C@H]2[C@@H]3[C@H](O)CC4C[C@H](OCc5ccccc5[N+](=O)[O-])CC[C@]4(C)[C@H]3C[C@H](O)[C@]12C. The molecule has 216 valence electrons. The van der Waals surface area contributed by atoms with Crippen molar-refractivity contribution in [1.82, 2.24) is 0 Å². The maximum atomic E-state index is 11.7. The number of hydrogen-bond acceptors (Lipinski definition) is 6. The predicted octanol–water partition coefficient (Wildman–Crippen LogP) is 5.58. The topological polar surface area (TPSA) is 130 Å². The van der Waals surface area contributed by atoms with Gasteiger partial charge in [0.1, 0.15) is 0 Å². The number of aliphatic hydroxyl groups is 2. The van der Waals surface area contributed by atoms with Crippen LogP contribution in [-0.2, 0) is 16.1 Å². The minimum Gasteiger partial charge on any atom is -0.481 e. The van der Waals surface area contributed by atoms with Crippen molar-refractivity contribution in [1.29, 1.82) is 0 Å². The number of nitro benzene ring substituents is 1. The predicted molar refractivity (Wildman–Crippen MR) is 146 cm³/mol. The largest absolute Gasteiger partial charge is 0.481 e. The van der Waals surface area contributed by atoms with Crippen molar-refractivity contribution in [2.75, 3.05) is 0 Å². The van der Waals surface area contributed by atoms with Gasteiger partial charge in [0.15, 0.2) is 0 Å². The lowest BCUT2D eigenvalue weighted by molar-refractivity contribution is -0.386. The number of para-hydroxylation sites is 1. The summed E-state index contributed by atoms with van der Waals surface area (Å²) < 4.78 is 6.23. The van der Waals surface area contributed by atoms with Crippen molar-refractivity contribution >= 4 is 11.7 Å². The van der Waals surface area contributed by atoms with Gasteiger partial charge in [0.05, 0.1) is 35.4 Å². The van der Waals surface area contributed by atoms with Gasteiger partial charge in [0, 0.05) is 12.5 Å². The smallest absolute Gasteiger partial charge is 0.303 e. The molecule has 0 radical (unpaired) electrons. The van der Waals surface area contributed by atoms with E-state index in [0.717, 1.165) is 38.5 Å². The van der Waals surface area contributed by atoms with Crippen LogP contribution in [0, 0.1) is 56.5 Å². The molecule has 39 heavy (non-hydrogen) atoms. The molecule has 4 fully saturated rings. The third-order valence-corrected chi connectivity index (χ3v) is 12.0. The van der Waals surface area contributed by atoms with Gasteiger partial charge in [-0.3, -0.25) is 14.9 Å². The molecular formula is C31H45NO7. The van der Waals surface area contributed by atoms with Crippen LogP contribution in [0.25, 0.3) is 0 Å². The summed E-state index contributed by atoms with van der Waals surface area (Å²) in [6.45, 7) is 6.92. The molecule has 0 aliphatic heterocycles. The van der Waals surface area contributed by atoms with E-state index in [-0.39, 0.29) is 76.1 Å². The van der Waals surface area contributed by atoms with Crippen molar-refractivity contribution in [2.45, 2.75) is 103 Å². The zero-order valence-corrected chi connectivity index (χ0v) is 23.5. The molecule has 1 unspecified atom stereocenters. The lowest BCUT2D eigenvalue weighted by Crippen LogP contribution is -2.62. The average Bonchev–Trinajstić information content (AvgIpc) is 3.25. The number of fused-ring (bicyclic) bond motifs is 5. The number of carboxylic acids is 1. The van der Waals surface area contributed by atoms with Crippen molar-refractivity contribution in [2.24, 2.45) is 46.3 Å². The zero-order valence-electron chi connectivity index (χ0n) is 23.5. The highest BCUT2D eigenvalue weighted by atomic mass is 16.6. The third kappa shape index (κ3) is 4.91. The molecule has 3 N–H and O–H groups in total. The van der Waals surface area contributed by atoms with Gasteiger partial charge < -0.3 is 20.1 Å². The Balaban J connectivity index is 1.29. The van der Waals surface area contributed by atoms with Crippen molar-refractivity contribution in [3.05, 3.63) is 39.9 Å². The molecule has 8 nitrogen and oxygen atoms in total. The third-order valence-electron chi connectivity index (χ3n) is 12.0. The first-order chi connectivity index (χ1) is 18.5. The summed E-state index contributed by atoms with van der Waals surface area (Å²) in [4.78, 5) is 22.2. The minimum atomic E-state index is -0.769. The first kappa shape index (κ1) is 28.5. The van der Waals surface area contributed by atoms with Crippen LogP contribution in [0.2, 0.25) is 0 Å². The average molecular weight is 544 g/mol. The molecule has 11 atom stereocenters. The number of carboxylic acid groups (broad SMARTS) is 1. The number of ether oxygens (including phenoxy) is 1. The molecule has 1 aromatic carbocycles. The number of benzene rings is 1. The number of carbonyl (C=O) groups is 1. The number of aliphatic hydroxyl groups excluding tert-OH is 2. The fraction of sp³-hybridized carbons (Fsp3) is 0.774. The highest BCUT2D eigenvalue weighted by Gasteiger charge is 2.65. The highest BCUT2D eigenvalue weighted by Crippen LogP contribution is 2.68. The zero-order chi connectivity index (χ0) is 28.1. The normalized spacial score (nSPS) is 42.2. The molecule has 5 rings (SSSR count). The van der Waals surface area contributed by atoms with Gasteiger partial charge in [-0.1, -0.05) is 32.9 Å². The molecule has 0 amide bonds. The van der Waals surface area contributed by atoms with Gasteiger partial charge in [-0.05, 0) is 104 Å². The van der Waals surface area contributed by atoms with Crippen LogP contribution in [0.15, 0.2) is 24.3 Å². The molecule has 0 saturated heterocycles. The Labute approximate surface area is 231 Å². The molecule has 0 spiro atoms. The van der Waals surface area contributed by atoms with Crippen LogP contribution in [-0.4, -0.2) is 44.5 Å². The van der Waals surface area contributed by atoms with Crippen LogP contribution in [0.1, 0.15) is 84.1 Å². The molecule has 0 aromatic heterocycles. The fourth-order valence-electron chi connectivity index (χ4n) is 9.84. The Morgan fingerprint density at radius 3 is 2.59 bits per heavy atom. The summed E-state index contributed by atoms with van der Waals surface area (Å²) in [6.07, 6.45) is 5.93. The summed E-state index contributed by atoms with van der Waals surface area (Å²) in [6, 6.07) is 6.72. The Morgan fingerprint density at radius 2 is 1.87 bits per heavy atom. The molecule has 1 aromatic rings. The van der Waals surface area contributed by atoms with Crippen molar-refractivity contribution < 1.29 is 29.8 Å². The maximum Gasteiger partial charge on any atom is 0.303 e. The standard InChI is InChI=1S/C31H45NO7/c1-18(8-11-28(35)36)22-9-10-23-29-24(16-27(34)31(22,23)3)30(2)13-12-21(14-20(30)15-26(29)33)39-17-19-6-4-5-7-25(19)32(37)38/h4-7,18,20-24,26-27,29,33-34H,8-17H2,1-3H3,(H,35,36)/t18-,20?,21-,22-,23+,24+,26-,27+,29+,30+,31-/m1/s1. The summed E-state index contributed by atoms with van der Waals surface area (Å²) in [5.74, 6) is 0.630. The van der Waals surface area contributed by atoms with Gasteiger partial charge in [0.2, 0.25) is 0 Å². The van der Waals surface area contributed by atoms with Crippen LogP contribution < -0.4 is 0 Å². The number of hydrogen-bond donors (Lipinski definition) is 3. The van der Waals surface area contributed by atoms with Gasteiger partial charge in [-0.2, -0.15) is 0 Å². The van der Waals surface area contributed by atoms with Crippen LogP contribution in [0.3, 0.4) is 0 Å². The monoisotopic (exact) mass is 543 g/mol. The van der Waals surface area contributed by atoms with Crippen LogP contribution in [0.4, 0.5) is 5.69 Å². The van der Waals surface area contributed by atoms with E-state index < -0.39 is 18.2 Å². The van der Waals surface area contributed by atoms with E-state index in [0.29, 0.717) is 18.4 Å². The molecule has 8 heteroatoms. The van der Waals surface area contributed by atoms with E-state index in [1.807, 2.05) is 0 Å². The Kier molecular flexibility index (Phi) is 7.85. The summed E-state index contributed by atoms with van der Waals surface area (Å²) in [5.41, 5.74) is 0.384. The van der Waals surface area contributed by atoms with Crippen LogP contribution >= 0.6 is 0 Å². The van der Waals surface area contributed by atoms with E-state index in [4.69, 9.17) is 4.74 Å². The molecule has 4 aliphatic carbocycles. The van der Waals surface area contributed by atoms with Crippen molar-refractivity contribution in [3.63, 3.8) is 0 Å². The Morgan fingerprint density at radius 1 is 1.13 bits per heavy atom. The van der Waals surface area contributed by atoms with Gasteiger partial charge in [-0.15, -0.1) is 0 Å². The number of nitrogens with zero attached hydrogens (tertiary/aromatic N) is 1. The Hall–Kier alpha value is -2.03. The Bertz CT molecular complexity index is 1080. The van der Waals surface area contributed by atoms with Crippen LogP contribution in [0.5, 0.6) is 0 Å². The number of aliphatic carboxylic acids is 1. The van der Waals surface area contributed by atoms with Gasteiger partial charge in [0.25, 0.3) is 5.69 Å². The maximum absolute atomic E-state index is 11.7. The number of rotatable bonds is 8. The second-order valence-corrected chi connectivity index (χ2v) is 13.6. The molecule has 0 bridgehead atoms. The summed E-state index contributed by atoms with van der Waals surface area (Å²) >= 11 is 0. The first-order valence-corrected chi connectivity index (χ1v) is 14.9. The van der Waals surface area contributed by atoms with E-state index in [9.17, 15) is 30.2 Å². The lowest BCUT2D eigenvalue weighted by atomic mass is 9.43. The molecule has 4 aliphatic rings.